The molecule has 7 heteroatoms. The lowest BCUT2D eigenvalue weighted by molar-refractivity contribution is -0.118. The number of anilines is 1. The van der Waals surface area contributed by atoms with Crippen LogP contribution in [0.25, 0.3) is 0 Å². The number of primary amides is 1. The van der Waals surface area contributed by atoms with Crippen molar-refractivity contribution in [3.8, 4) is 0 Å². The maximum atomic E-state index is 11.9. The molecule has 1 rings (SSSR count). The number of carbonyl (C=O) groups excluding carboxylic acids is 1. The molecule has 0 heterocycles. The predicted octanol–water partition coefficient (Wildman–Crippen LogP) is 1.00. The topological polar surface area (TPSA) is 92.5 Å². The number of amides is 1. The van der Waals surface area contributed by atoms with Crippen LogP contribution in [0.4, 0.5) is 5.69 Å². The molecular weight excluding hydrogens is 278 g/mol. The molecule has 112 valence electrons. The van der Waals surface area contributed by atoms with E-state index in [4.69, 9.17) is 5.73 Å². The number of hydrogen-bond acceptors (Lipinski definition) is 4. The van der Waals surface area contributed by atoms with E-state index in [1.165, 1.54) is 18.4 Å². The van der Waals surface area contributed by atoms with Crippen molar-refractivity contribution in [2.45, 2.75) is 24.2 Å². The average Bonchev–Trinajstić information content (AvgIpc) is 2.38. The lowest BCUT2D eigenvalue weighted by Crippen LogP contribution is -2.22. The monoisotopic (exact) mass is 299 g/mol. The smallest absolute Gasteiger partial charge is 0.242 e. The van der Waals surface area contributed by atoms with Gasteiger partial charge in [-0.05, 0) is 37.1 Å². The van der Waals surface area contributed by atoms with E-state index in [2.05, 4.69) is 5.32 Å². The fourth-order valence-electron chi connectivity index (χ4n) is 1.61. The molecule has 0 unspecified atom stereocenters. The summed E-state index contributed by atoms with van der Waals surface area (Å²) in [6.07, 6.45) is 1.97. The van der Waals surface area contributed by atoms with Crippen LogP contribution in [-0.4, -0.2) is 39.3 Å². The number of hydrogen-bond donors (Lipinski definition) is 2. The van der Waals surface area contributed by atoms with Crippen LogP contribution in [-0.2, 0) is 14.8 Å². The van der Waals surface area contributed by atoms with Crippen LogP contribution in [0.15, 0.2) is 29.2 Å². The van der Waals surface area contributed by atoms with Gasteiger partial charge >= 0.3 is 0 Å². The Balaban J connectivity index is 2.49. The highest BCUT2D eigenvalue weighted by Crippen LogP contribution is 2.16. The Kier molecular flexibility index (Phi) is 5.97. The first-order chi connectivity index (χ1) is 9.34. The summed E-state index contributed by atoms with van der Waals surface area (Å²) < 4.78 is 24.9. The van der Waals surface area contributed by atoms with Crippen LogP contribution in [0.2, 0.25) is 0 Å². The molecule has 0 spiro atoms. The quantitative estimate of drug-likeness (QED) is 0.701. The number of carbonyl (C=O) groups is 1. The Morgan fingerprint density at radius 3 is 2.30 bits per heavy atom. The maximum absolute atomic E-state index is 11.9. The maximum Gasteiger partial charge on any atom is 0.242 e. The second-order valence-electron chi connectivity index (χ2n) is 4.66. The molecule has 0 saturated heterocycles. The number of rotatable bonds is 8. The first-order valence-electron chi connectivity index (χ1n) is 6.39. The normalized spacial score (nSPS) is 11.6. The predicted molar refractivity (Wildman–Crippen MR) is 78.8 cm³/mol. The molecule has 1 aromatic carbocycles. The fraction of sp³-hybridized carbons (Fsp3) is 0.462. The van der Waals surface area contributed by atoms with Crippen LogP contribution in [0, 0.1) is 0 Å². The molecule has 0 aliphatic rings. The van der Waals surface area contributed by atoms with Gasteiger partial charge in [0.25, 0.3) is 0 Å². The molecule has 6 nitrogen and oxygen atoms in total. The van der Waals surface area contributed by atoms with Crippen molar-refractivity contribution in [3.05, 3.63) is 24.3 Å². The number of sulfonamides is 1. The lowest BCUT2D eigenvalue weighted by Gasteiger charge is -2.12. The van der Waals surface area contributed by atoms with Gasteiger partial charge in [-0.15, -0.1) is 0 Å². The lowest BCUT2D eigenvalue weighted by atomic mass is 10.2. The molecule has 0 fully saturated rings. The Bertz CT molecular complexity index is 538. The van der Waals surface area contributed by atoms with E-state index in [9.17, 15) is 13.2 Å². The molecule has 0 bridgehead atoms. The summed E-state index contributed by atoms with van der Waals surface area (Å²) in [5, 5.41) is 3.17. The third-order valence-electron chi connectivity index (χ3n) is 2.81. The standard InChI is InChI=1S/C13H21N3O3S/c1-16(2)20(18,19)12-8-6-11(7-9-12)15-10-4-3-5-13(14)17/h6-9,15H,3-5,10H2,1-2H3,(H2,14,17). The first-order valence-corrected chi connectivity index (χ1v) is 7.83. The van der Waals surface area contributed by atoms with Crippen molar-refractivity contribution in [2.75, 3.05) is 26.0 Å². The zero-order valence-electron chi connectivity index (χ0n) is 11.8. The van der Waals surface area contributed by atoms with E-state index >= 15 is 0 Å². The minimum absolute atomic E-state index is 0.266. The number of unbranched alkanes of at least 4 members (excludes halogenated alkanes) is 1. The van der Waals surface area contributed by atoms with Gasteiger partial charge in [0, 0.05) is 32.7 Å². The average molecular weight is 299 g/mol. The number of nitrogens with zero attached hydrogens (tertiary/aromatic N) is 1. The molecule has 0 aromatic heterocycles. The van der Waals surface area contributed by atoms with E-state index < -0.39 is 10.0 Å². The van der Waals surface area contributed by atoms with Gasteiger partial charge in [0.15, 0.2) is 0 Å². The minimum Gasteiger partial charge on any atom is -0.385 e. The minimum atomic E-state index is -3.38. The van der Waals surface area contributed by atoms with Crippen LogP contribution in [0.1, 0.15) is 19.3 Å². The molecular formula is C13H21N3O3S. The SMILES string of the molecule is CN(C)S(=O)(=O)c1ccc(NCCCCC(N)=O)cc1. The Morgan fingerprint density at radius 1 is 1.20 bits per heavy atom. The van der Waals surface area contributed by atoms with Gasteiger partial charge < -0.3 is 11.1 Å². The summed E-state index contributed by atoms with van der Waals surface area (Å²) >= 11 is 0. The highest BCUT2D eigenvalue weighted by Gasteiger charge is 2.16. The van der Waals surface area contributed by atoms with Crippen molar-refractivity contribution in [1.82, 2.24) is 4.31 Å². The molecule has 0 aliphatic heterocycles. The van der Waals surface area contributed by atoms with Crippen molar-refractivity contribution in [2.24, 2.45) is 5.73 Å². The number of nitrogens with one attached hydrogen (secondary N) is 1. The molecule has 3 N–H and O–H groups in total. The van der Waals surface area contributed by atoms with Gasteiger partial charge in [-0.3, -0.25) is 4.79 Å². The van der Waals surface area contributed by atoms with Gasteiger partial charge in [-0.2, -0.15) is 0 Å². The summed E-state index contributed by atoms with van der Waals surface area (Å²) in [7, 11) is -0.378. The van der Waals surface area contributed by atoms with E-state index in [1.807, 2.05) is 0 Å². The van der Waals surface area contributed by atoms with E-state index in [-0.39, 0.29) is 10.8 Å². The van der Waals surface area contributed by atoms with Crippen LogP contribution >= 0.6 is 0 Å². The van der Waals surface area contributed by atoms with Crippen molar-refractivity contribution >= 4 is 21.6 Å². The van der Waals surface area contributed by atoms with Gasteiger partial charge in [-0.1, -0.05) is 0 Å². The second-order valence-corrected chi connectivity index (χ2v) is 6.81. The van der Waals surface area contributed by atoms with Gasteiger partial charge in [-0.25, -0.2) is 12.7 Å². The Labute approximate surface area is 120 Å². The summed E-state index contributed by atoms with van der Waals surface area (Å²) in [4.78, 5) is 10.8. The van der Waals surface area contributed by atoms with Gasteiger partial charge in [0.1, 0.15) is 0 Å². The number of benzene rings is 1. The third-order valence-corrected chi connectivity index (χ3v) is 4.64. The third kappa shape index (κ3) is 4.82. The summed E-state index contributed by atoms with van der Waals surface area (Å²) in [6, 6.07) is 6.59. The molecule has 20 heavy (non-hydrogen) atoms. The first kappa shape index (κ1) is 16.5. The van der Waals surface area contributed by atoms with Gasteiger partial charge in [0.2, 0.25) is 15.9 Å². The summed E-state index contributed by atoms with van der Waals surface area (Å²) in [5.41, 5.74) is 5.90. The molecule has 0 aliphatic carbocycles. The largest absolute Gasteiger partial charge is 0.385 e. The second kappa shape index (κ2) is 7.25. The molecule has 0 atom stereocenters. The highest BCUT2D eigenvalue weighted by atomic mass is 32.2. The van der Waals surface area contributed by atoms with E-state index in [0.29, 0.717) is 13.0 Å². The molecule has 0 radical (unpaired) electrons. The molecule has 1 aromatic rings. The Morgan fingerprint density at radius 2 is 1.80 bits per heavy atom. The number of nitrogens with two attached hydrogens (primary N) is 1. The van der Waals surface area contributed by atoms with Crippen LogP contribution < -0.4 is 11.1 Å². The van der Waals surface area contributed by atoms with Crippen molar-refractivity contribution in [1.29, 1.82) is 0 Å². The summed E-state index contributed by atoms with van der Waals surface area (Å²) in [5.74, 6) is -0.289. The van der Waals surface area contributed by atoms with E-state index in [1.54, 1.807) is 24.3 Å². The molecule has 0 saturated carbocycles. The highest BCUT2D eigenvalue weighted by molar-refractivity contribution is 7.89. The Hall–Kier alpha value is -1.60. The van der Waals surface area contributed by atoms with E-state index in [0.717, 1.165) is 18.5 Å². The van der Waals surface area contributed by atoms with Crippen molar-refractivity contribution in [3.63, 3.8) is 0 Å². The van der Waals surface area contributed by atoms with Crippen LogP contribution in [0.3, 0.4) is 0 Å². The van der Waals surface area contributed by atoms with Gasteiger partial charge in [0.05, 0.1) is 4.90 Å². The summed E-state index contributed by atoms with van der Waals surface area (Å²) in [6.45, 7) is 0.715. The molecule has 1 amide bonds. The fourth-order valence-corrected chi connectivity index (χ4v) is 2.51. The zero-order valence-corrected chi connectivity index (χ0v) is 12.6. The van der Waals surface area contributed by atoms with Crippen molar-refractivity contribution < 1.29 is 13.2 Å². The van der Waals surface area contributed by atoms with Crippen LogP contribution in [0.5, 0.6) is 0 Å². The zero-order chi connectivity index (χ0) is 15.2.